The van der Waals surface area contributed by atoms with Gasteiger partial charge in [0.2, 0.25) is 5.91 Å². The van der Waals surface area contributed by atoms with Crippen molar-refractivity contribution in [2.24, 2.45) is 0 Å². The molecule has 0 radical (unpaired) electrons. The van der Waals surface area contributed by atoms with Crippen LogP contribution in [0.15, 0.2) is 72.9 Å². The van der Waals surface area contributed by atoms with Crippen LogP contribution in [-0.4, -0.2) is 47.8 Å². The fourth-order valence-corrected chi connectivity index (χ4v) is 6.00. The number of aromatic nitrogens is 1. The van der Waals surface area contributed by atoms with Gasteiger partial charge in [0.1, 0.15) is 11.5 Å². The number of pyridine rings is 1. The number of amides is 1. The number of Topliss-reactive ketones (excluding diaryl/α,β-unsaturated/α-hetero) is 1. The van der Waals surface area contributed by atoms with Crippen molar-refractivity contribution in [1.29, 1.82) is 0 Å². The molecule has 206 valence electrons. The molecule has 0 N–H and O–H groups in total. The summed E-state index contributed by atoms with van der Waals surface area (Å²) in [6, 6.07) is 17.5. The molecule has 4 aromatic rings. The quantitative estimate of drug-likeness (QED) is 0.210. The van der Waals surface area contributed by atoms with Crippen molar-refractivity contribution in [3.8, 4) is 11.5 Å². The van der Waals surface area contributed by atoms with Crippen molar-refractivity contribution >= 4 is 44.5 Å². The van der Waals surface area contributed by atoms with Gasteiger partial charge in [-0.15, -0.1) is 11.3 Å². The number of likely N-dealkylation sites (N-methyl/N-ethyl adjacent to an activating group) is 1. The van der Waals surface area contributed by atoms with E-state index in [0.29, 0.717) is 11.3 Å². The zero-order valence-corrected chi connectivity index (χ0v) is 23.7. The summed E-state index contributed by atoms with van der Waals surface area (Å²) in [5, 5.41) is 0. The van der Waals surface area contributed by atoms with Gasteiger partial charge in [0.25, 0.3) is 0 Å². The van der Waals surface area contributed by atoms with Gasteiger partial charge in [-0.05, 0) is 68.8 Å². The normalized spacial score (nSPS) is 13.9. The van der Waals surface area contributed by atoms with Crippen LogP contribution in [0.3, 0.4) is 0 Å². The van der Waals surface area contributed by atoms with Crippen molar-refractivity contribution < 1.29 is 18.7 Å². The maximum absolute atomic E-state index is 15.1. The average Bonchev–Trinajstić information content (AvgIpc) is 3.36. The summed E-state index contributed by atoms with van der Waals surface area (Å²) >= 11 is 1.60. The number of anilines is 1. The highest BCUT2D eigenvalue weighted by Gasteiger charge is 2.22. The number of fused-ring (bicyclic) bond motifs is 1. The first-order valence-corrected chi connectivity index (χ1v) is 14.2. The topological polar surface area (TPSA) is 62.7 Å². The molecule has 6 nitrogen and oxygen atoms in total. The van der Waals surface area contributed by atoms with E-state index in [1.807, 2.05) is 44.2 Å². The number of hydrogen-bond donors (Lipinski definition) is 0. The third-order valence-corrected chi connectivity index (χ3v) is 8.10. The summed E-state index contributed by atoms with van der Waals surface area (Å²) < 4.78 is 22.0. The summed E-state index contributed by atoms with van der Waals surface area (Å²) in [5.74, 6) is -0.505. The number of carbonyl (C=O) groups is 2. The lowest BCUT2D eigenvalue weighted by Gasteiger charge is -2.26. The Morgan fingerprint density at radius 1 is 1.10 bits per heavy atom. The van der Waals surface area contributed by atoms with Gasteiger partial charge >= 0.3 is 0 Å². The number of thiophene rings is 1. The molecule has 2 aromatic heterocycles. The Labute approximate surface area is 237 Å². The standard InChI is InChI=1S/C32H32FN3O3S/c1-21(2)36(24-7-5-4-6-8-24)31(38)19-25(37)17-22-9-10-28(26(33)18-22)39-29-11-14-34-27-20-30(40-32(27)29)23-12-15-35(3)16-13-23/h4-12,14,18,20-21H,13,15-17,19H2,1-3H3. The summed E-state index contributed by atoms with van der Waals surface area (Å²) in [6.07, 6.45) is 4.58. The van der Waals surface area contributed by atoms with E-state index >= 15 is 4.39 Å². The number of halogens is 1. The van der Waals surface area contributed by atoms with E-state index in [-0.39, 0.29) is 36.3 Å². The lowest BCUT2D eigenvalue weighted by molar-refractivity contribution is -0.126. The van der Waals surface area contributed by atoms with Gasteiger partial charge in [0.05, 0.1) is 16.6 Å². The van der Waals surface area contributed by atoms with Crippen LogP contribution < -0.4 is 9.64 Å². The Bertz CT molecular complexity index is 1560. The Hall–Kier alpha value is -3.88. The van der Waals surface area contributed by atoms with Crippen LogP contribution in [0.25, 0.3) is 15.8 Å². The molecule has 2 aromatic carbocycles. The molecule has 0 bridgehead atoms. The minimum atomic E-state index is -0.565. The first kappa shape index (κ1) is 27.7. The number of ketones is 1. The first-order valence-electron chi connectivity index (χ1n) is 13.4. The molecule has 8 heteroatoms. The van der Waals surface area contributed by atoms with E-state index in [1.165, 1.54) is 17.7 Å². The second kappa shape index (κ2) is 12.1. The third-order valence-electron chi connectivity index (χ3n) is 6.89. The Balaban J connectivity index is 1.27. The van der Waals surface area contributed by atoms with Gasteiger partial charge in [0, 0.05) is 48.4 Å². The monoisotopic (exact) mass is 557 g/mol. The molecule has 0 atom stereocenters. The van der Waals surface area contributed by atoms with E-state index in [0.717, 1.165) is 40.3 Å². The van der Waals surface area contributed by atoms with Crippen LogP contribution >= 0.6 is 11.3 Å². The first-order chi connectivity index (χ1) is 19.3. The minimum Gasteiger partial charge on any atom is -0.453 e. The van der Waals surface area contributed by atoms with Gasteiger partial charge in [-0.2, -0.15) is 0 Å². The molecule has 0 aliphatic carbocycles. The van der Waals surface area contributed by atoms with E-state index in [4.69, 9.17) is 4.74 Å². The molecular formula is C32H32FN3O3S. The lowest BCUT2D eigenvalue weighted by Crippen LogP contribution is -2.38. The molecule has 1 aliphatic rings. The second-order valence-electron chi connectivity index (χ2n) is 10.3. The van der Waals surface area contributed by atoms with Crippen LogP contribution in [0, 0.1) is 5.82 Å². The number of para-hydroxylation sites is 1. The number of benzene rings is 2. The van der Waals surface area contributed by atoms with E-state index in [9.17, 15) is 9.59 Å². The van der Waals surface area contributed by atoms with Crippen LogP contribution in [0.4, 0.5) is 10.1 Å². The highest BCUT2D eigenvalue weighted by molar-refractivity contribution is 7.20. The molecule has 0 unspecified atom stereocenters. The molecular weight excluding hydrogens is 525 g/mol. The highest BCUT2D eigenvalue weighted by Crippen LogP contribution is 2.39. The lowest BCUT2D eigenvalue weighted by atomic mass is 10.1. The number of ether oxygens (including phenoxy) is 1. The Morgan fingerprint density at radius 2 is 1.90 bits per heavy atom. The predicted octanol–water partition coefficient (Wildman–Crippen LogP) is 6.89. The predicted molar refractivity (Wildman–Crippen MR) is 159 cm³/mol. The average molecular weight is 558 g/mol. The number of nitrogens with zero attached hydrogens (tertiary/aromatic N) is 3. The van der Waals surface area contributed by atoms with E-state index in [2.05, 4.69) is 29.1 Å². The van der Waals surface area contributed by atoms with Gasteiger partial charge in [-0.25, -0.2) is 4.39 Å². The van der Waals surface area contributed by atoms with Gasteiger partial charge in [-0.3, -0.25) is 14.6 Å². The smallest absolute Gasteiger partial charge is 0.234 e. The number of carbonyl (C=O) groups excluding carboxylic acids is 2. The summed E-state index contributed by atoms with van der Waals surface area (Å²) in [6.45, 7) is 5.73. The Kier molecular flexibility index (Phi) is 8.38. The van der Waals surface area contributed by atoms with Crippen molar-refractivity contribution in [2.75, 3.05) is 25.0 Å². The van der Waals surface area contributed by atoms with E-state index < -0.39 is 5.82 Å². The molecule has 0 saturated heterocycles. The molecule has 1 amide bonds. The van der Waals surface area contributed by atoms with Gasteiger partial charge < -0.3 is 14.5 Å². The number of hydrogen-bond acceptors (Lipinski definition) is 6. The fraction of sp³-hybridized carbons (Fsp3) is 0.281. The SMILES string of the molecule is CC(C)N(C(=O)CC(=O)Cc1ccc(Oc2ccnc3cc(C4=CCN(C)CC4)sc23)c(F)c1)c1ccccc1. The molecule has 3 heterocycles. The van der Waals surface area contributed by atoms with Crippen molar-refractivity contribution in [3.63, 3.8) is 0 Å². The molecule has 1 aliphatic heterocycles. The maximum atomic E-state index is 15.1. The summed E-state index contributed by atoms with van der Waals surface area (Å²) in [4.78, 5) is 35.2. The largest absolute Gasteiger partial charge is 0.453 e. The van der Waals surface area contributed by atoms with Crippen LogP contribution in [0.2, 0.25) is 0 Å². The van der Waals surface area contributed by atoms with Gasteiger partial charge in [0.15, 0.2) is 11.6 Å². The van der Waals surface area contributed by atoms with Crippen LogP contribution in [0.5, 0.6) is 11.5 Å². The van der Waals surface area contributed by atoms with Gasteiger partial charge in [-0.1, -0.05) is 30.3 Å². The second-order valence-corrected chi connectivity index (χ2v) is 11.4. The molecule has 0 fully saturated rings. The summed E-state index contributed by atoms with van der Waals surface area (Å²) in [5.41, 5.74) is 3.35. The highest BCUT2D eigenvalue weighted by atomic mass is 32.1. The molecule has 0 saturated carbocycles. The van der Waals surface area contributed by atoms with Crippen LogP contribution in [0.1, 0.15) is 37.1 Å². The molecule has 5 rings (SSSR count). The Morgan fingerprint density at radius 3 is 2.60 bits per heavy atom. The number of rotatable bonds is 9. The third kappa shape index (κ3) is 6.29. The maximum Gasteiger partial charge on any atom is 0.234 e. The zero-order chi connectivity index (χ0) is 28.2. The van der Waals surface area contributed by atoms with Crippen molar-refractivity contribution in [1.82, 2.24) is 9.88 Å². The summed E-state index contributed by atoms with van der Waals surface area (Å²) in [7, 11) is 2.10. The van der Waals surface area contributed by atoms with Crippen LogP contribution in [-0.2, 0) is 16.0 Å². The van der Waals surface area contributed by atoms with E-state index in [1.54, 1.807) is 34.6 Å². The zero-order valence-electron chi connectivity index (χ0n) is 22.9. The fourth-order valence-electron chi connectivity index (χ4n) is 4.87. The van der Waals surface area contributed by atoms with Crippen molar-refractivity contribution in [3.05, 3.63) is 89.2 Å². The minimum absolute atomic E-state index is 0.0399. The molecule has 0 spiro atoms. The molecule has 40 heavy (non-hydrogen) atoms. The van der Waals surface area contributed by atoms with Crippen molar-refractivity contribution in [2.45, 2.75) is 39.2 Å².